The van der Waals surface area contributed by atoms with Gasteiger partial charge in [0.15, 0.2) is 0 Å². The molecule has 0 aromatic carbocycles. The molecule has 0 nitrogen and oxygen atoms in total. The minimum atomic E-state index is -1.29. The van der Waals surface area contributed by atoms with E-state index < -0.39 is 7.42 Å². The van der Waals surface area contributed by atoms with Gasteiger partial charge in [-0.3, -0.25) is 0 Å². The first-order valence-corrected chi connectivity index (χ1v) is 9.95. The lowest BCUT2D eigenvalue weighted by Crippen LogP contribution is -1.90. The lowest BCUT2D eigenvalue weighted by molar-refractivity contribution is 0.661. The van der Waals surface area contributed by atoms with Gasteiger partial charge < -0.3 is 0 Å². The Kier molecular flexibility index (Phi) is 10.9. The number of alkyl halides is 1. The molecule has 68 valence electrons. The summed E-state index contributed by atoms with van der Waals surface area (Å²) in [5, 5.41) is 0. The van der Waals surface area contributed by atoms with E-state index in [4.69, 9.17) is 22.2 Å². The van der Waals surface area contributed by atoms with Gasteiger partial charge in [0.1, 0.15) is 0 Å². The zero-order chi connectivity index (χ0) is 8.53. The van der Waals surface area contributed by atoms with Crippen molar-refractivity contribution in [3.05, 3.63) is 0 Å². The van der Waals surface area contributed by atoms with Gasteiger partial charge in [-0.15, -0.1) is 0 Å². The van der Waals surface area contributed by atoms with Crippen LogP contribution < -0.4 is 0 Å². The van der Waals surface area contributed by atoms with Crippen molar-refractivity contribution >= 4 is 52.2 Å². The van der Waals surface area contributed by atoms with E-state index in [1.165, 1.54) is 36.5 Å². The molecule has 0 spiro atoms. The maximum Gasteiger partial charge on any atom is 0.237 e. The molecule has 0 aliphatic heterocycles. The summed E-state index contributed by atoms with van der Waals surface area (Å²) < 4.78 is 1.29. The second-order valence-corrected chi connectivity index (χ2v) is 8.91. The van der Waals surface area contributed by atoms with Gasteiger partial charge in [0.2, 0.25) is 7.42 Å². The molecule has 0 aromatic rings. The van der Waals surface area contributed by atoms with Crippen molar-refractivity contribution in [2.24, 2.45) is 0 Å². The first kappa shape index (κ1) is 12.5. The molecule has 4 heteroatoms. The molecule has 0 bridgehead atoms. The van der Waals surface area contributed by atoms with Crippen LogP contribution in [0, 0.1) is 0 Å². The van der Waals surface area contributed by atoms with Crippen molar-refractivity contribution in [2.45, 2.75) is 38.1 Å². The van der Waals surface area contributed by atoms with Gasteiger partial charge in [0.25, 0.3) is 0 Å². The molecule has 0 N–H and O–H groups in total. The average molecular weight is 325 g/mol. The largest absolute Gasteiger partial charge is 0.237 e. The van der Waals surface area contributed by atoms with Crippen LogP contribution in [0.2, 0.25) is 6.04 Å². The molecular weight excluding hydrogens is 310 g/mol. The Morgan fingerprint density at radius 2 is 1.45 bits per heavy atom. The standard InChI is InChI=1S/C7H15Cl2ISi/c8-11(9)7-5-3-1-2-4-6-10/h11H,1-7H2. The Morgan fingerprint density at radius 1 is 0.909 bits per heavy atom. The van der Waals surface area contributed by atoms with Crippen molar-refractivity contribution < 1.29 is 0 Å². The Balaban J connectivity index is 2.80. The van der Waals surface area contributed by atoms with Crippen molar-refractivity contribution in [2.75, 3.05) is 4.43 Å². The first-order chi connectivity index (χ1) is 5.27. The minimum absolute atomic E-state index is 1.09. The maximum absolute atomic E-state index is 5.72. The van der Waals surface area contributed by atoms with Crippen LogP contribution in [0.15, 0.2) is 0 Å². The summed E-state index contributed by atoms with van der Waals surface area (Å²) in [6.45, 7) is 0. The normalized spacial score (nSPS) is 10.9. The number of halogens is 3. The van der Waals surface area contributed by atoms with E-state index in [1.807, 2.05) is 0 Å². The van der Waals surface area contributed by atoms with Crippen molar-refractivity contribution in [3.63, 3.8) is 0 Å². The Morgan fingerprint density at radius 3 is 2.00 bits per heavy atom. The maximum atomic E-state index is 5.72. The third-order valence-electron chi connectivity index (χ3n) is 1.56. The lowest BCUT2D eigenvalue weighted by Gasteiger charge is -1.99. The summed E-state index contributed by atoms with van der Waals surface area (Å²) >= 11 is 13.9. The topological polar surface area (TPSA) is 0 Å². The third kappa shape index (κ3) is 11.5. The van der Waals surface area contributed by atoms with Crippen LogP contribution >= 0.6 is 44.7 Å². The molecule has 0 aliphatic carbocycles. The van der Waals surface area contributed by atoms with Crippen molar-refractivity contribution in [1.29, 1.82) is 0 Å². The van der Waals surface area contributed by atoms with E-state index in [0.717, 1.165) is 6.04 Å². The lowest BCUT2D eigenvalue weighted by atomic mass is 10.2. The number of hydrogen-bond acceptors (Lipinski definition) is 0. The molecule has 0 amide bonds. The highest BCUT2D eigenvalue weighted by molar-refractivity contribution is 14.1. The van der Waals surface area contributed by atoms with Gasteiger partial charge in [-0.2, -0.15) is 22.2 Å². The molecule has 11 heavy (non-hydrogen) atoms. The number of hydrogen-bond donors (Lipinski definition) is 0. The quantitative estimate of drug-likeness (QED) is 0.218. The summed E-state index contributed by atoms with van der Waals surface area (Å²) in [4.78, 5) is 0. The van der Waals surface area contributed by atoms with Gasteiger partial charge in [-0.1, -0.05) is 48.3 Å². The van der Waals surface area contributed by atoms with Gasteiger partial charge in [0.05, 0.1) is 0 Å². The highest BCUT2D eigenvalue weighted by Crippen LogP contribution is 2.12. The molecule has 0 saturated heterocycles. The van der Waals surface area contributed by atoms with Crippen molar-refractivity contribution in [3.8, 4) is 0 Å². The fourth-order valence-electron chi connectivity index (χ4n) is 0.923. The van der Waals surface area contributed by atoms with Crippen LogP contribution in [0.25, 0.3) is 0 Å². The Hall–Kier alpha value is 1.53. The second kappa shape index (κ2) is 9.61. The first-order valence-electron chi connectivity index (χ1n) is 4.11. The van der Waals surface area contributed by atoms with E-state index in [9.17, 15) is 0 Å². The fraction of sp³-hybridized carbons (Fsp3) is 1.00. The number of unbranched alkanes of at least 4 members (excludes halogenated alkanes) is 4. The fourth-order valence-corrected chi connectivity index (χ4v) is 2.99. The molecule has 0 heterocycles. The third-order valence-corrected chi connectivity index (χ3v) is 4.47. The summed E-state index contributed by atoms with van der Waals surface area (Å²) in [5.41, 5.74) is 0. The van der Waals surface area contributed by atoms with E-state index >= 15 is 0 Å². The van der Waals surface area contributed by atoms with Crippen LogP contribution in [0.5, 0.6) is 0 Å². The SMILES string of the molecule is Cl[SiH](Cl)CCCCCCCI. The highest BCUT2D eigenvalue weighted by atomic mass is 127. The van der Waals surface area contributed by atoms with Crippen LogP contribution in [0.3, 0.4) is 0 Å². The van der Waals surface area contributed by atoms with Gasteiger partial charge in [-0.05, 0) is 16.9 Å². The Bertz CT molecular complexity index is 80.8. The zero-order valence-electron chi connectivity index (χ0n) is 6.66. The summed E-state index contributed by atoms with van der Waals surface area (Å²) in [7, 11) is -1.29. The minimum Gasteiger partial charge on any atom is -0.150 e. The van der Waals surface area contributed by atoms with Crippen LogP contribution in [0.4, 0.5) is 0 Å². The predicted octanol–water partition coefficient (Wildman–Crippen LogP) is 4.07. The molecule has 0 unspecified atom stereocenters. The number of rotatable bonds is 7. The van der Waals surface area contributed by atoms with Crippen LogP contribution in [0.1, 0.15) is 32.1 Å². The summed E-state index contributed by atoms with van der Waals surface area (Å²) in [6.07, 6.45) is 6.66. The van der Waals surface area contributed by atoms with E-state index in [2.05, 4.69) is 22.6 Å². The van der Waals surface area contributed by atoms with Crippen LogP contribution in [-0.4, -0.2) is 11.8 Å². The molecule has 0 radical (unpaired) electrons. The van der Waals surface area contributed by atoms with E-state index in [0.29, 0.717) is 0 Å². The van der Waals surface area contributed by atoms with Crippen molar-refractivity contribution in [1.82, 2.24) is 0 Å². The Labute approximate surface area is 94.2 Å². The second-order valence-electron chi connectivity index (χ2n) is 2.64. The average Bonchev–Trinajstić information content (AvgIpc) is 1.96. The van der Waals surface area contributed by atoms with E-state index in [-0.39, 0.29) is 0 Å². The van der Waals surface area contributed by atoms with Crippen LogP contribution in [-0.2, 0) is 0 Å². The molecule has 0 atom stereocenters. The summed E-state index contributed by atoms with van der Waals surface area (Å²) in [6, 6.07) is 1.09. The molecule has 0 aromatic heterocycles. The molecule has 0 rings (SSSR count). The van der Waals surface area contributed by atoms with Gasteiger partial charge in [0, 0.05) is 0 Å². The highest BCUT2D eigenvalue weighted by Gasteiger charge is 1.99. The molecule has 0 saturated carbocycles. The monoisotopic (exact) mass is 324 g/mol. The van der Waals surface area contributed by atoms with E-state index in [1.54, 1.807) is 0 Å². The predicted molar refractivity (Wildman–Crippen MR) is 65.6 cm³/mol. The smallest absolute Gasteiger partial charge is 0.150 e. The molecule has 0 aliphatic rings. The zero-order valence-corrected chi connectivity index (χ0v) is 11.5. The van der Waals surface area contributed by atoms with Gasteiger partial charge >= 0.3 is 0 Å². The molecule has 0 fully saturated rings. The van der Waals surface area contributed by atoms with Gasteiger partial charge in [-0.25, -0.2) is 0 Å². The summed E-state index contributed by atoms with van der Waals surface area (Å²) in [5.74, 6) is 0. The molecular formula is C7H15Cl2ISi.